The normalized spacial score (nSPS) is 17.1. The van der Waals surface area contributed by atoms with E-state index in [-0.39, 0.29) is 78.9 Å². The second-order valence-electron chi connectivity index (χ2n) is 10.8. The molecule has 0 aliphatic carbocycles. The molecule has 0 atom stereocenters. The Morgan fingerprint density at radius 3 is 0.542 bits per heavy atom. The summed E-state index contributed by atoms with van der Waals surface area (Å²) in [7, 11) is 8.69. The lowest BCUT2D eigenvalue weighted by Crippen LogP contribution is -2.55. The van der Waals surface area contributed by atoms with E-state index in [0.29, 0.717) is 0 Å². The van der Waals surface area contributed by atoms with Crippen molar-refractivity contribution >= 4 is 35.4 Å². The first-order valence-electron chi connectivity index (χ1n) is 15.7. The summed E-state index contributed by atoms with van der Waals surface area (Å²) in [6, 6.07) is 0. The van der Waals surface area contributed by atoms with E-state index in [2.05, 4.69) is 0 Å². The third-order valence-corrected chi connectivity index (χ3v) is 7.46. The average Bonchev–Trinajstić information content (AvgIpc) is 3.07. The monoisotopic (exact) mass is 690 g/mol. The van der Waals surface area contributed by atoms with Crippen LogP contribution < -0.4 is 0 Å². The first-order chi connectivity index (χ1) is 23.1. The van der Waals surface area contributed by atoms with Crippen LogP contribution in [0.2, 0.25) is 0 Å². The highest BCUT2D eigenvalue weighted by Crippen LogP contribution is 2.06. The summed E-state index contributed by atoms with van der Waals surface area (Å²) in [5.41, 5.74) is 0. The van der Waals surface area contributed by atoms with Crippen molar-refractivity contribution in [2.24, 2.45) is 0 Å². The maximum atomic E-state index is 13.6. The Morgan fingerprint density at radius 2 is 0.438 bits per heavy atom. The largest absolute Gasteiger partial charge is 0.383 e. The van der Waals surface area contributed by atoms with Crippen LogP contribution in [0.3, 0.4) is 0 Å². The fourth-order valence-corrected chi connectivity index (χ4v) is 4.54. The average molecular weight is 691 g/mol. The van der Waals surface area contributed by atoms with Crippen molar-refractivity contribution in [1.82, 2.24) is 29.4 Å². The van der Waals surface area contributed by atoms with Crippen LogP contribution in [0.15, 0.2) is 0 Å². The van der Waals surface area contributed by atoms with Crippen molar-refractivity contribution in [2.75, 3.05) is 161 Å². The van der Waals surface area contributed by atoms with Crippen molar-refractivity contribution in [3.8, 4) is 0 Å². The van der Waals surface area contributed by atoms with Crippen LogP contribution >= 0.6 is 0 Å². The van der Waals surface area contributed by atoms with Gasteiger partial charge in [0.05, 0.1) is 78.9 Å². The van der Waals surface area contributed by atoms with Gasteiger partial charge in [0.15, 0.2) is 0 Å². The van der Waals surface area contributed by atoms with Crippen LogP contribution in [0, 0.1) is 0 Å². The molecule has 0 aromatic carbocycles. The zero-order valence-electron chi connectivity index (χ0n) is 29.3. The lowest BCUT2D eigenvalue weighted by Gasteiger charge is -2.33. The summed E-state index contributed by atoms with van der Waals surface area (Å²) in [4.78, 5) is 89.3. The molecule has 1 fully saturated rings. The van der Waals surface area contributed by atoms with Crippen molar-refractivity contribution < 1.29 is 57.2 Å². The molecule has 0 aromatic rings. The van der Waals surface area contributed by atoms with Gasteiger partial charge < -0.3 is 57.8 Å². The number of nitrogens with zero attached hydrogens (tertiary/aromatic N) is 6. The molecule has 0 saturated carbocycles. The fourth-order valence-electron chi connectivity index (χ4n) is 4.54. The Balaban J connectivity index is 3.67. The lowest BCUT2D eigenvalue weighted by molar-refractivity contribution is -0.151. The van der Waals surface area contributed by atoms with Crippen LogP contribution in [0.4, 0.5) is 0 Å². The second-order valence-corrected chi connectivity index (χ2v) is 10.8. The topological polar surface area (TPSA) is 177 Å². The van der Waals surface area contributed by atoms with E-state index in [1.165, 1.54) is 72.1 Å². The highest BCUT2D eigenvalue weighted by atomic mass is 16.5. The molecule has 1 rings (SSSR count). The number of carbonyl (C=O) groups is 6. The van der Waals surface area contributed by atoms with E-state index >= 15 is 0 Å². The molecule has 48 heavy (non-hydrogen) atoms. The molecule has 6 amide bonds. The van der Waals surface area contributed by atoms with Crippen molar-refractivity contribution in [3.05, 3.63) is 0 Å². The minimum Gasteiger partial charge on any atom is -0.383 e. The van der Waals surface area contributed by atoms with E-state index in [1.807, 2.05) is 0 Å². The first kappa shape index (κ1) is 42.6. The summed E-state index contributed by atoms with van der Waals surface area (Å²) < 4.78 is 31.0. The standard InChI is InChI=1S/C30H54N6O12/c1-43-13-7-31-19-26(38)33(9-15-45-3)21-28(40)35(11-17-47-5)23-30(42)36(12-18-48-6)24-29(41)34(10-16-46-4)22-27(39)32(8-14-44-2)20-25(31)37/h7-24H2,1-6H3. The van der Waals surface area contributed by atoms with Gasteiger partial charge in [-0.05, 0) is 0 Å². The summed E-state index contributed by atoms with van der Waals surface area (Å²) >= 11 is 0. The molecule has 1 aliphatic heterocycles. The van der Waals surface area contributed by atoms with Crippen molar-refractivity contribution in [2.45, 2.75) is 0 Å². The van der Waals surface area contributed by atoms with Gasteiger partial charge in [0.1, 0.15) is 0 Å². The summed E-state index contributed by atoms with van der Waals surface area (Å²) in [5.74, 6) is -3.27. The quantitative estimate of drug-likeness (QED) is 0.141. The molecule has 1 aliphatic rings. The van der Waals surface area contributed by atoms with Crippen LogP contribution in [0.1, 0.15) is 0 Å². The molecule has 0 unspecified atom stereocenters. The van der Waals surface area contributed by atoms with Crippen molar-refractivity contribution in [1.29, 1.82) is 0 Å². The Bertz CT molecular complexity index is 817. The van der Waals surface area contributed by atoms with Gasteiger partial charge in [-0.25, -0.2) is 0 Å². The third-order valence-electron chi connectivity index (χ3n) is 7.46. The molecular weight excluding hydrogens is 636 g/mol. The Kier molecular flexibility index (Phi) is 21.9. The predicted octanol–water partition coefficient (Wildman–Crippen LogP) is -3.15. The van der Waals surface area contributed by atoms with Gasteiger partial charge in [0, 0.05) is 81.9 Å². The van der Waals surface area contributed by atoms with E-state index in [1.54, 1.807) is 0 Å². The molecule has 0 radical (unpaired) electrons. The van der Waals surface area contributed by atoms with Crippen LogP contribution in [-0.2, 0) is 57.2 Å². The fraction of sp³-hybridized carbons (Fsp3) is 0.800. The smallest absolute Gasteiger partial charge is 0.242 e. The molecule has 276 valence electrons. The molecule has 0 bridgehead atoms. The highest BCUT2D eigenvalue weighted by Gasteiger charge is 2.31. The summed E-state index contributed by atoms with van der Waals surface area (Å²) in [6.07, 6.45) is 0. The van der Waals surface area contributed by atoms with E-state index in [4.69, 9.17) is 28.4 Å². The highest BCUT2D eigenvalue weighted by molar-refractivity contribution is 5.93. The van der Waals surface area contributed by atoms with Crippen LogP contribution in [0.25, 0.3) is 0 Å². The second kappa shape index (κ2) is 24.7. The molecule has 1 saturated heterocycles. The van der Waals surface area contributed by atoms with Gasteiger partial charge in [-0.15, -0.1) is 0 Å². The number of hydrogen-bond donors (Lipinski definition) is 0. The van der Waals surface area contributed by atoms with Gasteiger partial charge in [0.25, 0.3) is 0 Å². The number of carbonyl (C=O) groups excluding carboxylic acids is 6. The number of hydrogen-bond acceptors (Lipinski definition) is 12. The Labute approximate surface area is 283 Å². The van der Waals surface area contributed by atoms with Gasteiger partial charge in [-0.3, -0.25) is 28.8 Å². The van der Waals surface area contributed by atoms with E-state index in [9.17, 15) is 28.8 Å². The maximum Gasteiger partial charge on any atom is 0.242 e. The lowest BCUT2D eigenvalue weighted by atomic mass is 10.3. The zero-order valence-corrected chi connectivity index (χ0v) is 29.3. The maximum absolute atomic E-state index is 13.6. The summed E-state index contributed by atoms with van der Waals surface area (Å²) in [5, 5.41) is 0. The minimum absolute atomic E-state index is 0.0314. The SMILES string of the molecule is COCCN1CC(=O)N(CCOC)CC(=O)N(CCOC)CC(=O)N(CCOC)CC(=O)N(CCOC)CC(=O)N(CCOC)CC1=O. The molecule has 0 N–H and O–H groups in total. The molecule has 0 spiro atoms. The van der Waals surface area contributed by atoms with E-state index < -0.39 is 74.7 Å². The van der Waals surface area contributed by atoms with Gasteiger partial charge in [-0.2, -0.15) is 0 Å². The number of rotatable bonds is 18. The van der Waals surface area contributed by atoms with Crippen molar-refractivity contribution in [3.63, 3.8) is 0 Å². The van der Waals surface area contributed by atoms with Gasteiger partial charge in [0.2, 0.25) is 35.4 Å². The van der Waals surface area contributed by atoms with Gasteiger partial charge >= 0.3 is 0 Å². The first-order valence-corrected chi connectivity index (χ1v) is 15.7. The Hall–Kier alpha value is -3.42. The molecule has 18 heteroatoms. The predicted molar refractivity (Wildman–Crippen MR) is 171 cm³/mol. The van der Waals surface area contributed by atoms with Crippen LogP contribution in [0.5, 0.6) is 0 Å². The van der Waals surface area contributed by atoms with E-state index in [0.717, 1.165) is 0 Å². The molecule has 18 nitrogen and oxygen atoms in total. The van der Waals surface area contributed by atoms with Crippen LogP contribution in [-0.4, -0.2) is 226 Å². The molecular formula is C30H54N6O12. The third kappa shape index (κ3) is 15.7. The number of ether oxygens (including phenoxy) is 6. The van der Waals surface area contributed by atoms with Gasteiger partial charge in [-0.1, -0.05) is 0 Å². The Morgan fingerprint density at radius 1 is 0.312 bits per heavy atom. The zero-order chi connectivity index (χ0) is 35.9. The number of amides is 6. The summed E-state index contributed by atoms with van der Waals surface area (Å²) in [6.45, 7) is -1.65. The molecule has 1 heterocycles. The minimum atomic E-state index is -0.545. The molecule has 0 aromatic heterocycles. The number of methoxy groups -OCH3 is 6.